The summed E-state index contributed by atoms with van der Waals surface area (Å²) >= 11 is 5.30. The number of hydrogen-bond donors (Lipinski definition) is 1. The maximum atomic E-state index is 12.8. The molecule has 0 saturated carbocycles. The minimum absolute atomic E-state index is 0.0943. The Labute approximate surface area is 219 Å². The van der Waals surface area contributed by atoms with Gasteiger partial charge in [-0.3, -0.25) is 23.8 Å². The molecule has 0 spiro atoms. The largest absolute Gasteiger partial charge is 0.497 e. The van der Waals surface area contributed by atoms with Crippen LogP contribution < -0.4 is 14.4 Å². The highest BCUT2D eigenvalue weighted by atomic mass is 32.2. The van der Waals surface area contributed by atoms with Crippen molar-refractivity contribution in [1.82, 2.24) is 9.80 Å². The van der Waals surface area contributed by atoms with E-state index in [9.17, 15) is 22.8 Å². The molecule has 0 unspecified atom stereocenters. The molecule has 2 aliphatic rings. The first-order valence-electron chi connectivity index (χ1n) is 11.2. The molecule has 2 heterocycles. The van der Waals surface area contributed by atoms with Gasteiger partial charge in [0, 0.05) is 25.7 Å². The number of benzene rings is 1. The molecule has 0 atom stereocenters. The Balaban J connectivity index is 1.87. The van der Waals surface area contributed by atoms with E-state index in [1.54, 1.807) is 23.1 Å². The highest BCUT2D eigenvalue weighted by molar-refractivity contribution is 7.85. The molecule has 37 heavy (non-hydrogen) atoms. The van der Waals surface area contributed by atoms with Crippen molar-refractivity contribution in [3.8, 4) is 11.5 Å². The SMILES string of the molecule is COc1ccc2c(c1)O/C(=C/C=C1\C(=O)N(C)C(=S)N1CC(=O)OCC(C)=O)N2CCCCS(=O)(=O)O. The van der Waals surface area contributed by atoms with Crippen LogP contribution in [0.25, 0.3) is 0 Å². The minimum atomic E-state index is -4.07. The number of ether oxygens (including phenoxy) is 3. The highest BCUT2D eigenvalue weighted by Crippen LogP contribution is 2.41. The normalized spacial score (nSPS) is 17.5. The molecule has 2 aliphatic heterocycles. The minimum Gasteiger partial charge on any atom is -0.497 e. The van der Waals surface area contributed by atoms with Gasteiger partial charge in [0.1, 0.15) is 24.6 Å². The van der Waals surface area contributed by atoms with Gasteiger partial charge in [-0.25, -0.2) is 0 Å². The molecular formula is C23H27N3O9S2. The average molecular weight is 554 g/mol. The van der Waals surface area contributed by atoms with Gasteiger partial charge in [0.15, 0.2) is 16.6 Å². The molecular weight excluding hydrogens is 526 g/mol. The van der Waals surface area contributed by atoms with Gasteiger partial charge < -0.3 is 24.0 Å². The van der Waals surface area contributed by atoms with Crippen LogP contribution in [-0.4, -0.2) is 85.1 Å². The summed E-state index contributed by atoms with van der Waals surface area (Å²) in [6, 6.07) is 5.22. The molecule has 1 saturated heterocycles. The molecule has 1 fully saturated rings. The third-order valence-corrected chi connectivity index (χ3v) is 6.71. The predicted molar refractivity (Wildman–Crippen MR) is 136 cm³/mol. The number of ketones is 1. The van der Waals surface area contributed by atoms with Crippen LogP contribution >= 0.6 is 12.2 Å². The van der Waals surface area contributed by atoms with E-state index in [2.05, 4.69) is 0 Å². The molecule has 12 nitrogen and oxygen atoms in total. The van der Waals surface area contributed by atoms with Gasteiger partial charge >= 0.3 is 5.97 Å². The molecule has 1 aromatic carbocycles. The zero-order chi connectivity index (χ0) is 27.3. The van der Waals surface area contributed by atoms with Gasteiger partial charge in [-0.2, -0.15) is 8.42 Å². The number of esters is 1. The third kappa shape index (κ3) is 7.05. The number of rotatable bonds is 11. The third-order valence-electron chi connectivity index (χ3n) is 5.41. The van der Waals surface area contributed by atoms with Gasteiger partial charge in [0.25, 0.3) is 16.0 Å². The Hall–Kier alpha value is -3.49. The number of carbonyl (C=O) groups is 3. The lowest BCUT2D eigenvalue weighted by molar-refractivity contribution is -0.147. The molecule has 0 radical (unpaired) electrons. The standard InChI is InChI=1S/C23H27N3O9S2/c1-15(27)14-34-21(28)13-26-18(22(29)24(2)23(26)36)8-9-20-25(10-4-5-11-37(30,31)32)17-7-6-16(33-3)12-19(17)35-20/h6-9,12H,4-5,10-11,13-14H2,1-3H3,(H,30,31,32)/b18-8+,20-9+. The Morgan fingerprint density at radius 3 is 2.57 bits per heavy atom. The Morgan fingerprint density at radius 1 is 1.19 bits per heavy atom. The Bertz CT molecular complexity index is 1270. The molecule has 1 N–H and O–H groups in total. The van der Waals surface area contributed by atoms with Crippen LogP contribution in [0.3, 0.4) is 0 Å². The summed E-state index contributed by atoms with van der Waals surface area (Å²) in [4.78, 5) is 40.4. The van der Waals surface area contributed by atoms with Crippen LogP contribution in [0.4, 0.5) is 5.69 Å². The number of thiocarbonyl (C=S) groups is 1. The number of hydrogen-bond acceptors (Lipinski definition) is 10. The van der Waals surface area contributed by atoms with Crippen molar-refractivity contribution in [2.75, 3.05) is 44.5 Å². The van der Waals surface area contributed by atoms with Crippen molar-refractivity contribution >= 4 is 50.8 Å². The first-order valence-corrected chi connectivity index (χ1v) is 13.2. The van der Waals surface area contributed by atoms with Crippen LogP contribution in [0, 0.1) is 0 Å². The van der Waals surface area contributed by atoms with Crippen LogP contribution in [0.1, 0.15) is 19.8 Å². The van der Waals surface area contributed by atoms with Crippen molar-refractivity contribution in [1.29, 1.82) is 0 Å². The van der Waals surface area contributed by atoms with Crippen LogP contribution in [0.15, 0.2) is 41.9 Å². The van der Waals surface area contributed by atoms with E-state index in [-0.39, 0.29) is 41.9 Å². The monoisotopic (exact) mass is 553 g/mol. The second-order valence-electron chi connectivity index (χ2n) is 8.23. The van der Waals surface area contributed by atoms with Crippen molar-refractivity contribution in [3.63, 3.8) is 0 Å². The number of likely N-dealkylation sites (N-methyl/N-ethyl adjacent to an activating group) is 1. The fourth-order valence-corrected chi connectivity index (χ4v) is 4.42. The highest BCUT2D eigenvalue weighted by Gasteiger charge is 2.37. The fraction of sp³-hybridized carbons (Fsp3) is 0.391. The molecule has 0 aromatic heterocycles. The molecule has 0 aliphatic carbocycles. The fourth-order valence-electron chi connectivity index (χ4n) is 3.60. The second-order valence-corrected chi connectivity index (χ2v) is 10.2. The van der Waals surface area contributed by atoms with Crippen LogP contribution in [-0.2, 0) is 29.2 Å². The van der Waals surface area contributed by atoms with Gasteiger partial charge in [-0.1, -0.05) is 0 Å². The number of fused-ring (bicyclic) bond motifs is 1. The maximum Gasteiger partial charge on any atom is 0.326 e. The first kappa shape index (κ1) is 28.1. The van der Waals surface area contributed by atoms with Gasteiger partial charge in [0.2, 0.25) is 5.88 Å². The van der Waals surface area contributed by atoms with Crippen molar-refractivity contribution in [2.24, 2.45) is 0 Å². The van der Waals surface area contributed by atoms with Crippen molar-refractivity contribution < 1.29 is 41.6 Å². The summed E-state index contributed by atoms with van der Waals surface area (Å²) in [5, 5.41) is 0.0943. The lowest BCUT2D eigenvalue weighted by Crippen LogP contribution is -2.34. The summed E-state index contributed by atoms with van der Waals surface area (Å²) in [5.41, 5.74) is 0.801. The second kappa shape index (κ2) is 11.7. The summed E-state index contributed by atoms with van der Waals surface area (Å²) < 4.78 is 47.2. The average Bonchev–Trinajstić information content (AvgIpc) is 3.27. The van der Waals surface area contributed by atoms with E-state index in [1.165, 1.54) is 43.0 Å². The Kier molecular flexibility index (Phi) is 8.89. The molecule has 0 bridgehead atoms. The van der Waals surface area contributed by atoms with Crippen LogP contribution in [0.2, 0.25) is 0 Å². The quantitative estimate of drug-likeness (QED) is 0.139. The van der Waals surface area contributed by atoms with Crippen LogP contribution in [0.5, 0.6) is 11.5 Å². The number of unbranched alkanes of at least 4 members (excludes halogenated alkanes) is 1. The zero-order valence-corrected chi connectivity index (χ0v) is 22.1. The number of allylic oxidation sites excluding steroid dienone is 2. The number of anilines is 1. The van der Waals surface area contributed by atoms with E-state index >= 15 is 0 Å². The van der Waals surface area contributed by atoms with E-state index in [4.69, 9.17) is 31.0 Å². The summed E-state index contributed by atoms with van der Waals surface area (Å²) in [6.45, 7) is 0.896. The first-order chi connectivity index (χ1) is 17.4. The van der Waals surface area contributed by atoms with E-state index in [0.29, 0.717) is 36.0 Å². The van der Waals surface area contributed by atoms with Crippen molar-refractivity contribution in [2.45, 2.75) is 19.8 Å². The van der Waals surface area contributed by atoms with Gasteiger partial charge in [-0.15, -0.1) is 0 Å². The maximum absolute atomic E-state index is 12.8. The number of carbonyl (C=O) groups excluding carboxylic acids is 3. The summed E-state index contributed by atoms with van der Waals surface area (Å²) in [6.07, 6.45) is 3.64. The molecule has 3 rings (SSSR count). The van der Waals surface area contributed by atoms with E-state index in [0.717, 1.165) is 0 Å². The lowest BCUT2D eigenvalue weighted by atomic mass is 10.2. The lowest BCUT2D eigenvalue weighted by Gasteiger charge is -2.19. The van der Waals surface area contributed by atoms with Crippen molar-refractivity contribution in [3.05, 3.63) is 41.9 Å². The van der Waals surface area contributed by atoms with E-state index < -0.39 is 22.0 Å². The molecule has 1 aromatic rings. The molecule has 14 heteroatoms. The zero-order valence-electron chi connectivity index (χ0n) is 20.5. The molecule has 1 amide bonds. The van der Waals surface area contributed by atoms with E-state index in [1.807, 2.05) is 0 Å². The smallest absolute Gasteiger partial charge is 0.326 e. The number of amides is 1. The number of Topliss-reactive ketones (excluding diaryl/α,β-unsaturated/α-hetero) is 1. The number of nitrogens with zero attached hydrogens (tertiary/aromatic N) is 3. The summed E-state index contributed by atoms with van der Waals surface area (Å²) in [5.74, 6) is -0.457. The van der Waals surface area contributed by atoms with Gasteiger partial charge in [-0.05, 0) is 50.2 Å². The van der Waals surface area contributed by atoms with Gasteiger partial charge in [0.05, 0.1) is 18.6 Å². The summed E-state index contributed by atoms with van der Waals surface area (Å²) in [7, 11) is -1.08. The predicted octanol–water partition coefficient (Wildman–Crippen LogP) is 1.48. The molecule has 200 valence electrons. The number of methoxy groups -OCH3 is 1. The topological polar surface area (TPSA) is 143 Å². The Morgan fingerprint density at radius 2 is 1.92 bits per heavy atom.